The number of hydrogen-bond donors (Lipinski definition) is 1. The molecule has 120 valence electrons. The number of ether oxygens (including phenoxy) is 2. The van der Waals surface area contributed by atoms with Crippen molar-refractivity contribution in [2.75, 3.05) is 13.7 Å². The van der Waals surface area contributed by atoms with Gasteiger partial charge in [0.25, 0.3) is 5.91 Å². The number of aromatic nitrogens is 1. The topological polar surface area (TPSA) is 72.8 Å². The van der Waals surface area contributed by atoms with Crippen molar-refractivity contribution in [3.05, 3.63) is 52.8 Å². The molecule has 1 aromatic carbocycles. The number of rotatable bonds is 6. The van der Waals surface area contributed by atoms with Crippen molar-refractivity contribution in [1.29, 1.82) is 0 Å². The van der Waals surface area contributed by atoms with E-state index >= 15 is 0 Å². The Bertz CT molecular complexity index is 719. The van der Waals surface area contributed by atoms with Gasteiger partial charge in [-0.25, -0.2) is 10.4 Å². The van der Waals surface area contributed by atoms with Gasteiger partial charge in [0.15, 0.2) is 11.5 Å². The van der Waals surface area contributed by atoms with E-state index in [1.54, 1.807) is 37.4 Å². The Morgan fingerprint density at radius 1 is 1.39 bits per heavy atom. The highest BCUT2D eigenvalue weighted by atomic mass is 35.5. The van der Waals surface area contributed by atoms with Crippen LogP contribution in [0.4, 0.5) is 0 Å². The highest BCUT2D eigenvalue weighted by Crippen LogP contribution is 2.27. The van der Waals surface area contributed by atoms with Gasteiger partial charge in [-0.15, -0.1) is 0 Å². The number of halogens is 1. The molecule has 0 saturated heterocycles. The molecule has 0 atom stereocenters. The van der Waals surface area contributed by atoms with Crippen LogP contribution in [0.3, 0.4) is 0 Å². The predicted molar refractivity (Wildman–Crippen MR) is 88.5 cm³/mol. The molecule has 0 aliphatic carbocycles. The van der Waals surface area contributed by atoms with Crippen LogP contribution >= 0.6 is 11.6 Å². The maximum absolute atomic E-state index is 11.9. The van der Waals surface area contributed by atoms with Crippen LogP contribution in [-0.2, 0) is 0 Å². The van der Waals surface area contributed by atoms with E-state index in [1.807, 2.05) is 6.92 Å². The zero-order valence-corrected chi connectivity index (χ0v) is 13.5. The summed E-state index contributed by atoms with van der Waals surface area (Å²) in [7, 11) is 1.57. The second kappa shape index (κ2) is 8.14. The molecule has 0 bridgehead atoms. The summed E-state index contributed by atoms with van der Waals surface area (Å²) in [4.78, 5) is 15.8. The van der Waals surface area contributed by atoms with Gasteiger partial charge in [-0.05, 0) is 42.8 Å². The molecule has 0 radical (unpaired) electrons. The van der Waals surface area contributed by atoms with E-state index in [9.17, 15) is 4.79 Å². The van der Waals surface area contributed by atoms with Crippen molar-refractivity contribution in [2.45, 2.75) is 6.92 Å². The Kier molecular flexibility index (Phi) is 5.94. The smallest absolute Gasteiger partial charge is 0.274 e. The Balaban J connectivity index is 2.07. The molecule has 1 amide bonds. The van der Waals surface area contributed by atoms with Gasteiger partial charge in [-0.2, -0.15) is 5.10 Å². The molecular weight excluding hydrogens is 318 g/mol. The average molecular weight is 334 g/mol. The Morgan fingerprint density at radius 2 is 2.22 bits per heavy atom. The summed E-state index contributed by atoms with van der Waals surface area (Å²) in [6, 6.07) is 8.54. The average Bonchev–Trinajstić information content (AvgIpc) is 2.56. The summed E-state index contributed by atoms with van der Waals surface area (Å²) in [5.74, 6) is 0.814. The molecule has 0 fully saturated rings. The number of benzene rings is 1. The fourth-order valence-electron chi connectivity index (χ4n) is 1.82. The molecule has 1 heterocycles. The second-order valence-corrected chi connectivity index (χ2v) is 4.74. The molecule has 0 aliphatic heterocycles. The van der Waals surface area contributed by atoms with Crippen molar-refractivity contribution < 1.29 is 14.3 Å². The first-order valence-electron chi connectivity index (χ1n) is 6.90. The number of hydrazone groups is 1. The number of nitrogens with zero attached hydrogens (tertiary/aromatic N) is 2. The first kappa shape index (κ1) is 16.8. The van der Waals surface area contributed by atoms with Crippen molar-refractivity contribution in [3.63, 3.8) is 0 Å². The second-order valence-electron chi connectivity index (χ2n) is 4.38. The number of pyridine rings is 1. The minimum Gasteiger partial charge on any atom is -0.493 e. The van der Waals surface area contributed by atoms with E-state index in [-0.39, 0.29) is 10.7 Å². The van der Waals surface area contributed by atoms with Gasteiger partial charge in [-0.3, -0.25) is 4.79 Å². The quantitative estimate of drug-likeness (QED) is 0.501. The third-order valence-corrected chi connectivity index (χ3v) is 3.17. The monoisotopic (exact) mass is 333 g/mol. The number of carbonyl (C=O) groups excluding carboxylic acids is 1. The third kappa shape index (κ3) is 4.43. The molecule has 0 spiro atoms. The predicted octanol–water partition coefficient (Wildman–Crippen LogP) is 2.91. The highest BCUT2D eigenvalue weighted by Gasteiger charge is 2.09. The number of amides is 1. The lowest BCUT2D eigenvalue weighted by Gasteiger charge is -2.09. The number of carbonyl (C=O) groups is 1. The fourth-order valence-corrected chi connectivity index (χ4v) is 2.03. The number of methoxy groups -OCH3 is 1. The Hall–Kier alpha value is -2.60. The van der Waals surface area contributed by atoms with Crippen LogP contribution in [0.15, 0.2) is 41.6 Å². The summed E-state index contributed by atoms with van der Waals surface area (Å²) < 4.78 is 10.7. The lowest BCUT2D eigenvalue weighted by Crippen LogP contribution is -2.18. The molecule has 0 unspecified atom stereocenters. The molecule has 1 N–H and O–H groups in total. The number of nitrogens with one attached hydrogen (secondary N) is 1. The van der Waals surface area contributed by atoms with Crippen molar-refractivity contribution >= 4 is 23.7 Å². The van der Waals surface area contributed by atoms with Gasteiger partial charge in [0.1, 0.15) is 5.15 Å². The summed E-state index contributed by atoms with van der Waals surface area (Å²) in [5, 5.41) is 4.04. The van der Waals surface area contributed by atoms with Crippen LogP contribution in [0, 0.1) is 0 Å². The van der Waals surface area contributed by atoms with E-state index < -0.39 is 5.91 Å². The molecule has 2 aromatic rings. The molecule has 0 saturated carbocycles. The van der Waals surface area contributed by atoms with Crippen LogP contribution in [0.1, 0.15) is 22.8 Å². The maximum Gasteiger partial charge on any atom is 0.274 e. The summed E-state index contributed by atoms with van der Waals surface area (Å²) in [6.45, 7) is 2.41. The third-order valence-electron chi connectivity index (χ3n) is 2.87. The molecule has 0 aliphatic rings. The van der Waals surface area contributed by atoms with E-state index in [0.717, 1.165) is 5.56 Å². The maximum atomic E-state index is 11.9. The zero-order chi connectivity index (χ0) is 16.7. The molecular formula is C16H16ClN3O3. The first-order valence-corrected chi connectivity index (χ1v) is 7.28. The SMILES string of the molecule is CCOc1cc(C=NNC(=O)c2cccnc2Cl)ccc1OC. The standard InChI is InChI=1S/C16H16ClN3O3/c1-3-23-14-9-11(6-7-13(14)22-2)10-19-20-16(21)12-5-4-8-18-15(12)17/h4-10H,3H2,1-2H3,(H,20,21). The van der Waals surface area contributed by atoms with Crippen LogP contribution in [0.5, 0.6) is 11.5 Å². The molecule has 7 heteroatoms. The lowest BCUT2D eigenvalue weighted by molar-refractivity contribution is 0.0955. The summed E-state index contributed by atoms with van der Waals surface area (Å²) in [6.07, 6.45) is 3.01. The molecule has 23 heavy (non-hydrogen) atoms. The minimum absolute atomic E-state index is 0.128. The van der Waals surface area contributed by atoms with Crippen molar-refractivity contribution in [3.8, 4) is 11.5 Å². The molecule has 1 aromatic heterocycles. The lowest BCUT2D eigenvalue weighted by atomic mass is 10.2. The van der Waals surface area contributed by atoms with Gasteiger partial charge >= 0.3 is 0 Å². The fraction of sp³-hybridized carbons (Fsp3) is 0.188. The van der Waals surface area contributed by atoms with E-state index in [0.29, 0.717) is 18.1 Å². The highest BCUT2D eigenvalue weighted by molar-refractivity contribution is 6.32. The van der Waals surface area contributed by atoms with Gasteiger partial charge in [0.05, 0.1) is 25.5 Å². The van der Waals surface area contributed by atoms with Gasteiger partial charge in [-0.1, -0.05) is 11.6 Å². The normalized spacial score (nSPS) is 10.6. The number of hydrogen-bond acceptors (Lipinski definition) is 5. The first-order chi connectivity index (χ1) is 11.2. The summed E-state index contributed by atoms with van der Waals surface area (Å²) >= 11 is 5.85. The Morgan fingerprint density at radius 3 is 2.91 bits per heavy atom. The molecule has 2 rings (SSSR count). The molecule has 6 nitrogen and oxygen atoms in total. The minimum atomic E-state index is -0.433. The summed E-state index contributed by atoms with van der Waals surface area (Å²) in [5.41, 5.74) is 3.42. The van der Waals surface area contributed by atoms with Crippen LogP contribution < -0.4 is 14.9 Å². The van der Waals surface area contributed by atoms with Crippen LogP contribution in [0.2, 0.25) is 5.15 Å². The largest absolute Gasteiger partial charge is 0.493 e. The van der Waals surface area contributed by atoms with E-state index in [1.165, 1.54) is 12.4 Å². The van der Waals surface area contributed by atoms with Crippen LogP contribution in [0.25, 0.3) is 0 Å². The van der Waals surface area contributed by atoms with Gasteiger partial charge < -0.3 is 9.47 Å². The van der Waals surface area contributed by atoms with Crippen molar-refractivity contribution in [2.24, 2.45) is 5.10 Å². The van der Waals surface area contributed by atoms with E-state index in [4.69, 9.17) is 21.1 Å². The van der Waals surface area contributed by atoms with Crippen LogP contribution in [-0.4, -0.2) is 30.8 Å². The van der Waals surface area contributed by atoms with Gasteiger partial charge in [0.2, 0.25) is 0 Å². The van der Waals surface area contributed by atoms with Gasteiger partial charge in [0, 0.05) is 6.20 Å². The van der Waals surface area contributed by atoms with E-state index in [2.05, 4.69) is 15.5 Å². The Labute approximate surface area is 139 Å². The van der Waals surface area contributed by atoms with Crippen molar-refractivity contribution in [1.82, 2.24) is 10.4 Å². The zero-order valence-electron chi connectivity index (χ0n) is 12.7.